The summed E-state index contributed by atoms with van der Waals surface area (Å²) in [5.41, 5.74) is 2.27. The Kier molecular flexibility index (Phi) is 5.20. The van der Waals surface area contributed by atoms with Crippen molar-refractivity contribution in [3.8, 4) is 0 Å². The van der Waals surface area contributed by atoms with Gasteiger partial charge in [-0.3, -0.25) is 0 Å². The quantitative estimate of drug-likeness (QED) is 0.891. The van der Waals surface area contributed by atoms with Crippen LogP contribution in [0.25, 0.3) is 0 Å². The van der Waals surface area contributed by atoms with Gasteiger partial charge in [-0.1, -0.05) is 19.3 Å². The fourth-order valence-electron chi connectivity index (χ4n) is 2.80. The van der Waals surface area contributed by atoms with E-state index in [0.29, 0.717) is 0 Å². The smallest absolute Gasteiger partial charge is 0.123 e. The van der Waals surface area contributed by atoms with Gasteiger partial charge < -0.3 is 10.2 Å². The SMILES string of the molecule is CNC(C)c1cc(F)ccc1N1CCCCCCC1. The average Bonchev–Trinajstić information content (AvgIpc) is 2.38. The summed E-state index contributed by atoms with van der Waals surface area (Å²) in [6.07, 6.45) is 6.47. The van der Waals surface area contributed by atoms with Gasteiger partial charge in [-0.25, -0.2) is 4.39 Å². The second-order valence-electron chi connectivity index (χ2n) is 5.47. The summed E-state index contributed by atoms with van der Waals surface area (Å²) in [6.45, 7) is 4.27. The molecule has 1 N–H and O–H groups in total. The fourth-order valence-corrected chi connectivity index (χ4v) is 2.80. The lowest BCUT2D eigenvalue weighted by Gasteiger charge is -2.30. The summed E-state index contributed by atoms with van der Waals surface area (Å²) < 4.78 is 13.5. The topological polar surface area (TPSA) is 15.3 Å². The van der Waals surface area contributed by atoms with Crippen LogP contribution in [-0.4, -0.2) is 20.1 Å². The van der Waals surface area contributed by atoms with Crippen LogP contribution in [0.15, 0.2) is 18.2 Å². The highest BCUT2D eigenvalue weighted by Crippen LogP contribution is 2.28. The lowest BCUT2D eigenvalue weighted by molar-refractivity contribution is 0.551. The number of rotatable bonds is 3. The minimum Gasteiger partial charge on any atom is -0.371 e. The van der Waals surface area contributed by atoms with Crippen LogP contribution >= 0.6 is 0 Å². The van der Waals surface area contributed by atoms with Crippen LogP contribution < -0.4 is 10.2 Å². The number of anilines is 1. The standard InChI is InChI=1S/C16H25FN2/c1-13(18-2)15-12-14(17)8-9-16(15)19-10-6-4-3-5-7-11-19/h8-9,12-13,18H,3-7,10-11H2,1-2H3. The van der Waals surface area contributed by atoms with Crippen molar-refractivity contribution in [2.24, 2.45) is 0 Å². The van der Waals surface area contributed by atoms with Crippen LogP contribution in [0.3, 0.4) is 0 Å². The van der Waals surface area contributed by atoms with Crippen molar-refractivity contribution in [2.45, 2.75) is 45.1 Å². The molecule has 106 valence electrons. The number of hydrogen-bond donors (Lipinski definition) is 1. The highest BCUT2D eigenvalue weighted by Gasteiger charge is 2.16. The zero-order valence-corrected chi connectivity index (χ0v) is 12.1. The van der Waals surface area contributed by atoms with E-state index in [9.17, 15) is 4.39 Å². The molecule has 0 bridgehead atoms. The third-order valence-corrected chi connectivity index (χ3v) is 4.09. The Morgan fingerprint density at radius 2 is 1.74 bits per heavy atom. The molecule has 1 aromatic carbocycles. The molecule has 1 aliphatic heterocycles. The highest BCUT2D eigenvalue weighted by atomic mass is 19.1. The van der Waals surface area contributed by atoms with E-state index in [0.717, 1.165) is 18.7 Å². The Bertz CT molecular complexity index is 398. The van der Waals surface area contributed by atoms with E-state index < -0.39 is 0 Å². The van der Waals surface area contributed by atoms with Gasteiger partial charge in [0.25, 0.3) is 0 Å². The van der Waals surface area contributed by atoms with E-state index in [-0.39, 0.29) is 11.9 Å². The second-order valence-corrected chi connectivity index (χ2v) is 5.47. The molecule has 0 spiro atoms. The van der Waals surface area contributed by atoms with Gasteiger partial charge in [-0.05, 0) is 50.6 Å². The van der Waals surface area contributed by atoms with E-state index in [4.69, 9.17) is 0 Å². The van der Waals surface area contributed by atoms with Gasteiger partial charge >= 0.3 is 0 Å². The molecule has 0 amide bonds. The lowest BCUT2D eigenvalue weighted by atomic mass is 10.0. The Balaban J connectivity index is 2.25. The van der Waals surface area contributed by atoms with Crippen molar-refractivity contribution in [3.05, 3.63) is 29.6 Å². The summed E-state index contributed by atoms with van der Waals surface area (Å²) in [5, 5.41) is 3.22. The van der Waals surface area contributed by atoms with E-state index >= 15 is 0 Å². The van der Waals surface area contributed by atoms with E-state index in [1.165, 1.54) is 37.8 Å². The van der Waals surface area contributed by atoms with Crippen LogP contribution in [0.5, 0.6) is 0 Å². The number of halogens is 1. The summed E-state index contributed by atoms with van der Waals surface area (Å²) >= 11 is 0. The maximum Gasteiger partial charge on any atom is 0.123 e. The molecular formula is C16H25FN2. The van der Waals surface area contributed by atoms with Gasteiger partial charge in [0.1, 0.15) is 5.82 Å². The van der Waals surface area contributed by atoms with Crippen LogP contribution in [0.1, 0.15) is 50.6 Å². The van der Waals surface area contributed by atoms with Gasteiger partial charge in [0.05, 0.1) is 0 Å². The first-order valence-electron chi connectivity index (χ1n) is 7.44. The Hall–Kier alpha value is -1.09. The van der Waals surface area contributed by atoms with Gasteiger partial charge in [0, 0.05) is 24.8 Å². The van der Waals surface area contributed by atoms with Crippen molar-refractivity contribution < 1.29 is 4.39 Å². The molecule has 3 heteroatoms. The largest absolute Gasteiger partial charge is 0.371 e. The molecule has 19 heavy (non-hydrogen) atoms. The predicted molar refractivity (Wildman–Crippen MR) is 79.2 cm³/mol. The second kappa shape index (κ2) is 6.90. The molecule has 1 aliphatic rings. The molecule has 1 unspecified atom stereocenters. The van der Waals surface area contributed by atoms with Crippen molar-refractivity contribution in [2.75, 3.05) is 25.0 Å². The summed E-state index contributed by atoms with van der Waals surface area (Å²) in [4.78, 5) is 2.43. The monoisotopic (exact) mass is 264 g/mol. The van der Waals surface area contributed by atoms with Gasteiger partial charge in [0.2, 0.25) is 0 Å². The molecule has 1 saturated heterocycles. The first-order chi connectivity index (χ1) is 9.22. The molecule has 0 radical (unpaired) electrons. The van der Waals surface area contributed by atoms with Crippen molar-refractivity contribution in [1.29, 1.82) is 0 Å². The molecule has 1 heterocycles. The summed E-state index contributed by atoms with van der Waals surface area (Å²) in [6, 6.07) is 5.38. The molecule has 1 aromatic rings. The van der Waals surface area contributed by atoms with Crippen molar-refractivity contribution >= 4 is 5.69 Å². The molecule has 2 rings (SSSR count). The first-order valence-corrected chi connectivity index (χ1v) is 7.44. The van der Waals surface area contributed by atoms with E-state index in [2.05, 4.69) is 17.1 Å². The van der Waals surface area contributed by atoms with Crippen LogP contribution in [-0.2, 0) is 0 Å². The third kappa shape index (κ3) is 3.69. The summed E-state index contributed by atoms with van der Waals surface area (Å²) in [5.74, 6) is -0.145. The van der Waals surface area contributed by atoms with Gasteiger partial charge in [0.15, 0.2) is 0 Å². The van der Waals surface area contributed by atoms with Crippen LogP contribution in [0, 0.1) is 5.82 Å². The van der Waals surface area contributed by atoms with E-state index in [1.54, 1.807) is 12.1 Å². The molecule has 0 aliphatic carbocycles. The van der Waals surface area contributed by atoms with Crippen LogP contribution in [0.2, 0.25) is 0 Å². The number of hydrogen-bond acceptors (Lipinski definition) is 2. The van der Waals surface area contributed by atoms with Crippen LogP contribution in [0.4, 0.5) is 10.1 Å². The highest BCUT2D eigenvalue weighted by molar-refractivity contribution is 5.55. The van der Waals surface area contributed by atoms with Crippen molar-refractivity contribution in [3.63, 3.8) is 0 Å². The molecule has 0 saturated carbocycles. The fraction of sp³-hybridized carbons (Fsp3) is 0.625. The molecule has 1 atom stereocenters. The normalized spacial score (nSPS) is 18.8. The zero-order valence-electron chi connectivity index (χ0n) is 12.1. The molecular weight excluding hydrogens is 239 g/mol. The Labute approximate surface area is 116 Å². The predicted octanol–water partition coefficient (Wildman–Crippen LogP) is 3.88. The van der Waals surface area contributed by atoms with E-state index in [1.807, 2.05) is 13.1 Å². The summed E-state index contributed by atoms with van der Waals surface area (Å²) in [7, 11) is 1.92. The number of nitrogens with zero attached hydrogens (tertiary/aromatic N) is 1. The first kappa shape index (κ1) is 14.3. The Morgan fingerprint density at radius 1 is 1.11 bits per heavy atom. The molecule has 1 fully saturated rings. The van der Waals surface area contributed by atoms with Crippen molar-refractivity contribution in [1.82, 2.24) is 5.32 Å². The Morgan fingerprint density at radius 3 is 2.37 bits per heavy atom. The minimum absolute atomic E-state index is 0.145. The third-order valence-electron chi connectivity index (χ3n) is 4.09. The average molecular weight is 264 g/mol. The number of benzene rings is 1. The molecule has 0 aromatic heterocycles. The maximum absolute atomic E-state index is 13.5. The van der Waals surface area contributed by atoms with Gasteiger partial charge in [-0.15, -0.1) is 0 Å². The maximum atomic E-state index is 13.5. The molecule has 2 nitrogen and oxygen atoms in total. The number of nitrogens with one attached hydrogen (secondary N) is 1. The van der Waals surface area contributed by atoms with Gasteiger partial charge in [-0.2, -0.15) is 0 Å². The zero-order chi connectivity index (χ0) is 13.7. The minimum atomic E-state index is -0.145. The lowest BCUT2D eigenvalue weighted by Crippen LogP contribution is -2.29.